The molecule has 1 heterocycles. The fourth-order valence-electron chi connectivity index (χ4n) is 1.88. The lowest BCUT2D eigenvalue weighted by molar-refractivity contribution is 0.0482. The van der Waals surface area contributed by atoms with Gasteiger partial charge in [-0.1, -0.05) is 13.8 Å². The molecular weight excluding hydrogens is 168 g/mol. The summed E-state index contributed by atoms with van der Waals surface area (Å²) >= 11 is 2.04. The second-order valence-electron chi connectivity index (χ2n) is 4.95. The van der Waals surface area contributed by atoms with Crippen molar-refractivity contribution in [1.82, 2.24) is 0 Å². The van der Waals surface area contributed by atoms with E-state index in [1.165, 1.54) is 12.2 Å². The first-order valence-electron chi connectivity index (χ1n) is 4.68. The summed E-state index contributed by atoms with van der Waals surface area (Å²) in [6.45, 7) is 8.40. The van der Waals surface area contributed by atoms with Gasteiger partial charge in [-0.2, -0.15) is 11.8 Å². The normalized spacial score (nSPS) is 29.2. The molecule has 1 N–H and O–H groups in total. The Balaban J connectivity index is 2.53. The molecule has 0 aromatic heterocycles. The van der Waals surface area contributed by atoms with E-state index in [1.807, 2.05) is 25.6 Å². The van der Waals surface area contributed by atoms with Gasteiger partial charge in [0, 0.05) is 4.75 Å². The summed E-state index contributed by atoms with van der Waals surface area (Å²) in [7, 11) is 0. The molecule has 0 aromatic carbocycles. The molecule has 1 saturated heterocycles. The van der Waals surface area contributed by atoms with Crippen molar-refractivity contribution in [3.63, 3.8) is 0 Å². The molecule has 1 atom stereocenters. The zero-order valence-corrected chi connectivity index (χ0v) is 9.37. The van der Waals surface area contributed by atoms with Crippen molar-refractivity contribution in [2.75, 3.05) is 5.75 Å². The van der Waals surface area contributed by atoms with Crippen LogP contribution in [0.4, 0.5) is 0 Å². The maximum absolute atomic E-state index is 9.70. The molecule has 0 spiro atoms. The Morgan fingerprint density at radius 1 is 1.50 bits per heavy atom. The van der Waals surface area contributed by atoms with E-state index < -0.39 is 5.60 Å². The second kappa shape index (κ2) is 3.22. The summed E-state index contributed by atoms with van der Waals surface area (Å²) < 4.78 is 0.375. The van der Waals surface area contributed by atoms with Gasteiger partial charge >= 0.3 is 0 Å². The molecule has 72 valence electrons. The van der Waals surface area contributed by atoms with Crippen LogP contribution in [-0.4, -0.2) is 21.2 Å². The molecule has 1 fully saturated rings. The lowest BCUT2D eigenvalue weighted by Gasteiger charge is -2.30. The number of thioether (sulfide) groups is 1. The number of hydrogen-bond donors (Lipinski definition) is 1. The van der Waals surface area contributed by atoms with Crippen LogP contribution in [-0.2, 0) is 0 Å². The highest BCUT2D eigenvalue weighted by Gasteiger charge is 2.37. The van der Waals surface area contributed by atoms with Gasteiger partial charge in [0.25, 0.3) is 0 Å². The van der Waals surface area contributed by atoms with Crippen LogP contribution in [0.5, 0.6) is 0 Å². The molecule has 0 radical (unpaired) electrons. The van der Waals surface area contributed by atoms with Gasteiger partial charge in [0.1, 0.15) is 0 Å². The molecule has 0 saturated carbocycles. The maximum Gasteiger partial charge on any atom is 0.0594 e. The highest BCUT2D eigenvalue weighted by Crippen LogP contribution is 2.45. The average Bonchev–Trinajstić information content (AvgIpc) is 2.07. The molecule has 0 aliphatic carbocycles. The Labute approximate surface area is 79.9 Å². The highest BCUT2D eigenvalue weighted by atomic mass is 32.2. The summed E-state index contributed by atoms with van der Waals surface area (Å²) in [5, 5.41) is 9.70. The second-order valence-corrected chi connectivity index (χ2v) is 6.70. The Hall–Kier alpha value is 0.310. The van der Waals surface area contributed by atoms with Gasteiger partial charge in [-0.25, -0.2) is 0 Å². The smallest absolute Gasteiger partial charge is 0.0594 e. The van der Waals surface area contributed by atoms with Crippen molar-refractivity contribution in [2.45, 2.75) is 50.9 Å². The first-order chi connectivity index (χ1) is 5.31. The van der Waals surface area contributed by atoms with E-state index in [9.17, 15) is 5.11 Å². The Morgan fingerprint density at radius 3 is 2.42 bits per heavy atom. The van der Waals surface area contributed by atoms with Crippen LogP contribution in [0.15, 0.2) is 0 Å². The molecule has 1 nitrogen and oxygen atoms in total. The van der Waals surface area contributed by atoms with Crippen molar-refractivity contribution in [2.24, 2.45) is 5.92 Å². The number of rotatable bonds is 2. The third-order valence-corrected chi connectivity index (χ3v) is 4.19. The van der Waals surface area contributed by atoms with E-state index in [2.05, 4.69) is 13.8 Å². The van der Waals surface area contributed by atoms with E-state index in [-0.39, 0.29) is 0 Å². The predicted molar refractivity (Wildman–Crippen MR) is 55.6 cm³/mol. The molecule has 0 aromatic rings. The lowest BCUT2D eigenvalue weighted by atomic mass is 9.83. The summed E-state index contributed by atoms with van der Waals surface area (Å²) in [6.07, 6.45) is 2.20. The summed E-state index contributed by atoms with van der Waals surface area (Å²) in [4.78, 5) is 0. The van der Waals surface area contributed by atoms with E-state index in [1.54, 1.807) is 0 Å². The lowest BCUT2D eigenvalue weighted by Crippen LogP contribution is -2.31. The predicted octanol–water partition coefficient (Wildman–Crippen LogP) is 2.68. The fraction of sp³-hybridized carbons (Fsp3) is 1.00. The van der Waals surface area contributed by atoms with Gasteiger partial charge in [0.05, 0.1) is 5.60 Å². The summed E-state index contributed by atoms with van der Waals surface area (Å²) in [5.74, 6) is 1.94. The van der Waals surface area contributed by atoms with Crippen molar-refractivity contribution < 1.29 is 5.11 Å². The molecular formula is C10H20OS. The standard InChI is InChI=1S/C10H20OS/c1-9(2,11)7-8-5-6-12-10(8,3)4/h8,11H,5-7H2,1-4H3. The van der Waals surface area contributed by atoms with E-state index >= 15 is 0 Å². The Bertz CT molecular complexity index is 158. The van der Waals surface area contributed by atoms with Crippen molar-refractivity contribution in [3.05, 3.63) is 0 Å². The van der Waals surface area contributed by atoms with Crippen LogP contribution in [0.2, 0.25) is 0 Å². The molecule has 1 unspecified atom stereocenters. The molecule has 1 aliphatic rings. The minimum Gasteiger partial charge on any atom is -0.390 e. The van der Waals surface area contributed by atoms with Crippen LogP contribution in [0.3, 0.4) is 0 Å². The molecule has 0 bridgehead atoms. The van der Waals surface area contributed by atoms with Gasteiger partial charge in [-0.3, -0.25) is 0 Å². The third kappa shape index (κ3) is 2.67. The Kier molecular flexibility index (Phi) is 2.79. The fourth-order valence-corrected chi connectivity index (χ4v) is 3.25. The minimum atomic E-state index is -0.493. The van der Waals surface area contributed by atoms with E-state index in [0.29, 0.717) is 10.7 Å². The van der Waals surface area contributed by atoms with Crippen LogP contribution in [0.1, 0.15) is 40.5 Å². The summed E-state index contributed by atoms with van der Waals surface area (Å²) in [6, 6.07) is 0. The van der Waals surface area contributed by atoms with E-state index in [0.717, 1.165) is 6.42 Å². The molecule has 12 heavy (non-hydrogen) atoms. The zero-order valence-electron chi connectivity index (χ0n) is 8.55. The van der Waals surface area contributed by atoms with Crippen molar-refractivity contribution in [1.29, 1.82) is 0 Å². The third-order valence-electron chi connectivity index (χ3n) is 2.67. The molecule has 1 rings (SSSR count). The maximum atomic E-state index is 9.70. The topological polar surface area (TPSA) is 20.2 Å². The van der Waals surface area contributed by atoms with Crippen LogP contribution in [0.25, 0.3) is 0 Å². The number of aliphatic hydroxyl groups is 1. The van der Waals surface area contributed by atoms with Crippen molar-refractivity contribution in [3.8, 4) is 0 Å². The average molecular weight is 188 g/mol. The molecule has 1 aliphatic heterocycles. The summed E-state index contributed by atoms with van der Waals surface area (Å²) in [5.41, 5.74) is -0.493. The SMILES string of the molecule is CC(C)(O)CC1CCSC1(C)C. The van der Waals surface area contributed by atoms with Gasteiger partial charge < -0.3 is 5.11 Å². The van der Waals surface area contributed by atoms with Gasteiger partial charge in [-0.05, 0) is 38.4 Å². The van der Waals surface area contributed by atoms with Gasteiger partial charge in [-0.15, -0.1) is 0 Å². The van der Waals surface area contributed by atoms with Gasteiger partial charge in [0.15, 0.2) is 0 Å². The van der Waals surface area contributed by atoms with Crippen molar-refractivity contribution >= 4 is 11.8 Å². The first-order valence-corrected chi connectivity index (χ1v) is 5.66. The molecule has 2 heteroatoms. The quantitative estimate of drug-likeness (QED) is 0.719. The van der Waals surface area contributed by atoms with Crippen LogP contribution >= 0.6 is 11.8 Å². The zero-order chi connectivity index (χ0) is 9.41. The van der Waals surface area contributed by atoms with E-state index in [4.69, 9.17) is 0 Å². The van der Waals surface area contributed by atoms with Crippen LogP contribution < -0.4 is 0 Å². The number of hydrogen-bond acceptors (Lipinski definition) is 2. The van der Waals surface area contributed by atoms with Gasteiger partial charge in [0.2, 0.25) is 0 Å². The monoisotopic (exact) mass is 188 g/mol. The largest absolute Gasteiger partial charge is 0.390 e. The molecule has 0 amide bonds. The Morgan fingerprint density at radius 2 is 2.08 bits per heavy atom. The van der Waals surface area contributed by atoms with Crippen LogP contribution in [0, 0.1) is 5.92 Å². The highest BCUT2D eigenvalue weighted by molar-refractivity contribution is 8.00. The minimum absolute atomic E-state index is 0.375. The first kappa shape index (κ1) is 10.4.